The molecule has 134 valence electrons. The highest BCUT2D eigenvalue weighted by Crippen LogP contribution is 2.20. The van der Waals surface area contributed by atoms with Crippen LogP contribution in [0.3, 0.4) is 0 Å². The van der Waals surface area contributed by atoms with Crippen LogP contribution in [-0.4, -0.2) is 69.7 Å². The van der Waals surface area contributed by atoms with Crippen molar-refractivity contribution in [2.75, 3.05) is 39.6 Å². The number of carbonyl (C=O) groups excluding carboxylic acids is 1. The monoisotopic (exact) mass is 332 g/mol. The number of aldehydes is 1. The lowest BCUT2D eigenvalue weighted by Gasteiger charge is -2.35. The highest BCUT2D eigenvalue weighted by atomic mass is 16.7. The number of ether oxygens (including phenoxy) is 6. The summed E-state index contributed by atoms with van der Waals surface area (Å²) in [4.78, 5) is 11.2. The minimum absolute atomic E-state index is 0.160. The van der Waals surface area contributed by atoms with E-state index in [0.29, 0.717) is 26.4 Å². The normalized spacial score (nSPS) is 25.6. The Morgan fingerprint density at radius 2 is 1.22 bits per heavy atom. The standard InChI is InChI=1S/C16H28O7/c1-15(2)20-8-13(9-21-15)18-6-12(5-17)7-19-14-10-22-16(3,4)23-11-14/h5,12-14H,6-11H2,1-4H3. The van der Waals surface area contributed by atoms with E-state index in [4.69, 9.17) is 28.4 Å². The fourth-order valence-electron chi connectivity index (χ4n) is 2.19. The maximum absolute atomic E-state index is 11.2. The van der Waals surface area contributed by atoms with Crippen LogP contribution < -0.4 is 0 Å². The molecule has 0 unspecified atom stereocenters. The van der Waals surface area contributed by atoms with Crippen LogP contribution in [0.1, 0.15) is 27.7 Å². The molecule has 0 spiro atoms. The lowest BCUT2D eigenvalue weighted by molar-refractivity contribution is -0.284. The molecule has 0 saturated carbocycles. The minimum Gasteiger partial charge on any atom is -0.373 e. The predicted molar refractivity (Wildman–Crippen MR) is 81.0 cm³/mol. The maximum atomic E-state index is 11.2. The molecular formula is C16H28O7. The minimum atomic E-state index is -0.568. The first-order valence-corrected chi connectivity index (χ1v) is 8.04. The summed E-state index contributed by atoms with van der Waals surface area (Å²) in [7, 11) is 0. The molecule has 0 aromatic heterocycles. The van der Waals surface area contributed by atoms with Crippen molar-refractivity contribution in [3.05, 3.63) is 0 Å². The Labute approximate surface area is 137 Å². The molecule has 7 nitrogen and oxygen atoms in total. The second kappa shape index (κ2) is 8.00. The van der Waals surface area contributed by atoms with Gasteiger partial charge in [0.2, 0.25) is 0 Å². The number of carbonyl (C=O) groups is 1. The molecular weight excluding hydrogens is 304 g/mol. The van der Waals surface area contributed by atoms with Gasteiger partial charge in [0.25, 0.3) is 0 Å². The Kier molecular flexibility index (Phi) is 6.53. The quantitative estimate of drug-likeness (QED) is 0.647. The number of rotatable bonds is 7. The Morgan fingerprint density at radius 3 is 1.52 bits per heavy atom. The van der Waals surface area contributed by atoms with Crippen LogP contribution in [0, 0.1) is 5.92 Å². The van der Waals surface area contributed by atoms with E-state index in [9.17, 15) is 4.79 Å². The van der Waals surface area contributed by atoms with Crippen LogP contribution in [0.25, 0.3) is 0 Å². The Hall–Kier alpha value is -0.570. The van der Waals surface area contributed by atoms with Crippen LogP contribution in [0.5, 0.6) is 0 Å². The second-order valence-electron chi connectivity index (χ2n) is 6.85. The molecule has 2 aliphatic rings. The predicted octanol–water partition coefficient (Wildman–Crippen LogP) is 1.14. The molecule has 2 saturated heterocycles. The van der Waals surface area contributed by atoms with E-state index in [0.717, 1.165) is 6.29 Å². The summed E-state index contributed by atoms with van der Waals surface area (Å²) in [6.45, 7) is 9.83. The summed E-state index contributed by atoms with van der Waals surface area (Å²) in [5.74, 6) is -1.47. The molecule has 2 fully saturated rings. The molecule has 7 heteroatoms. The third-order valence-corrected chi connectivity index (χ3v) is 3.75. The topological polar surface area (TPSA) is 72.5 Å². The van der Waals surface area contributed by atoms with E-state index in [2.05, 4.69) is 0 Å². The van der Waals surface area contributed by atoms with Gasteiger partial charge in [-0.3, -0.25) is 0 Å². The zero-order valence-corrected chi connectivity index (χ0v) is 14.4. The summed E-state index contributed by atoms with van der Waals surface area (Å²) < 4.78 is 33.4. The smallest absolute Gasteiger partial charge is 0.163 e. The highest BCUT2D eigenvalue weighted by molar-refractivity contribution is 5.53. The van der Waals surface area contributed by atoms with Crippen LogP contribution in [0.4, 0.5) is 0 Å². The molecule has 0 aromatic carbocycles. The highest BCUT2D eigenvalue weighted by Gasteiger charge is 2.30. The summed E-state index contributed by atoms with van der Waals surface area (Å²) in [6.07, 6.45) is 0.531. The summed E-state index contributed by atoms with van der Waals surface area (Å²) >= 11 is 0. The first-order chi connectivity index (χ1) is 10.8. The molecule has 23 heavy (non-hydrogen) atoms. The molecule has 0 amide bonds. The van der Waals surface area contributed by atoms with Crippen molar-refractivity contribution in [1.29, 1.82) is 0 Å². The molecule has 0 N–H and O–H groups in total. The van der Waals surface area contributed by atoms with Gasteiger partial charge in [0.1, 0.15) is 18.5 Å². The molecule has 0 aliphatic carbocycles. The van der Waals surface area contributed by atoms with Crippen LogP contribution in [0.2, 0.25) is 0 Å². The lowest BCUT2D eigenvalue weighted by Crippen LogP contribution is -2.44. The molecule has 2 heterocycles. The fourth-order valence-corrected chi connectivity index (χ4v) is 2.19. The van der Waals surface area contributed by atoms with Crippen molar-refractivity contribution in [3.8, 4) is 0 Å². The summed E-state index contributed by atoms with van der Waals surface area (Å²) in [6, 6.07) is 0. The van der Waals surface area contributed by atoms with Gasteiger partial charge in [-0.1, -0.05) is 0 Å². The van der Waals surface area contributed by atoms with E-state index in [-0.39, 0.29) is 31.3 Å². The van der Waals surface area contributed by atoms with E-state index in [1.807, 2.05) is 27.7 Å². The van der Waals surface area contributed by atoms with Crippen LogP contribution in [-0.2, 0) is 33.2 Å². The molecule has 0 bridgehead atoms. The van der Waals surface area contributed by atoms with Gasteiger partial charge in [0.05, 0.1) is 45.6 Å². The first kappa shape index (κ1) is 18.8. The molecule has 2 aliphatic heterocycles. The van der Waals surface area contributed by atoms with Gasteiger partial charge in [-0.2, -0.15) is 0 Å². The van der Waals surface area contributed by atoms with Crippen molar-refractivity contribution < 1.29 is 33.2 Å². The Morgan fingerprint density at radius 1 is 0.870 bits per heavy atom. The van der Waals surface area contributed by atoms with Crippen LogP contribution in [0.15, 0.2) is 0 Å². The second-order valence-corrected chi connectivity index (χ2v) is 6.85. The van der Waals surface area contributed by atoms with E-state index in [1.165, 1.54) is 0 Å². The third kappa shape index (κ3) is 6.45. The average molecular weight is 332 g/mol. The summed E-state index contributed by atoms with van der Waals surface area (Å²) in [5, 5.41) is 0. The lowest BCUT2D eigenvalue weighted by atomic mass is 10.2. The molecule has 0 atom stereocenters. The Bertz CT molecular complexity index is 331. The zero-order chi connectivity index (χ0) is 16.9. The van der Waals surface area contributed by atoms with Crippen molar-refractivity contribution in [3.63, 3.8) is 0 Å². The van der Waals surface area contributed by atoms with Crippen LogP contribution >= 0.6 is 0 Å². The summed E-state index contributed by atoms with van der Waals surface area (Å²) in [5.41, 5.74) is 0. The number of hydrogen-bond donors (Lipinski definition) is 0. The van der Waals surface area contributed by atoms with Gasteiger partial charge < -0.3 is 33.2 Å². The molecule has 2 rings (SSSR count). The largest absolute Gasteiger partial charge is 0.373 e. The van der Waals surface area contributed by atoms with E-state index in [1.54, 1.807) is 0 Å². The average Bonchev–Trinajstić information content (AvgIpc) is 2.50. The van der Waals surface area contributed by atoms with E-state index < -0.39 is 11.6 Å². The van der Waals surface area contributed by atoms with Gasteiger partial charge >= 0.3 is 0 Å². The fraction of sp³-hybridized carbons (Fsp3) is 0.938. The van der Waals surface area contributed by atoms with E-state index >= 15 is 0 Å². The maximum Gasteiger partial charge on any atom is 0.163 e. The Balaban J connectivity index is 1.63. The number of hydrogen-bond acceptors (Lipinski definition) is 7. The van der Waals surface area contributed by atoms with Gasteiger partial charge in [0, 0.05) is 0 Å². The van der Waals surface area contributed by atoms with Crippen molar-refractivity contribution in [1.82, 2.24) is 0 Å². The van der Waals surface area contributed by atoms with Crippen molar-refractivity contribution >= 4 is 6.29 Å². The van der Waals surface area contributed by atoms with Gasteiger partial charge in [-0.05, 0) is 27.7 Å². The molecule has 0 aromatic rings. The van der Waals surface area contributed by atoms with Gasteiger partial charge in [0.15, 0.2) is 11.6 Å². The first-order valence-electron chi connectivity index (χ1n) is 8.04. The van der Waals surface area contributed by atoms with Gasteiger partial charge in [-0.25, -0.2) is 0 Å². The van der Waals surface area contributed by atoms with Crippen molar-refractivity contribution in [2.45, 2.75) is 51.5 Å². The van der Waals surface area contributed by atoms with Gasteiger partial charge in [-0.15, -0.1) is 0 Å². The third-order valence-electron chi connectivity index (χ3n) is 3.75. The SMILES string of the molecule is CC1(C)OCC(OCC(C=O)COC2COC(C)(C)OC2)CO1. The zero-order valence-electron chi connectivity index (χ0n) is 14.4. The van der Waals surface area contributed by atoms with Crippen molar-refractivity contribution in [2.24, 2.45) is 5.92 Å². The molecule has 0 radical (unpaired) electrons.